The van der Waals surface area contributed by atoms with E-state index in [1.807, 2.05) is 61.9 Å². The maximum atomic E-state index is 12.2. The zero-order valence-electron chi connectivity index (χ0n) is 15.1. The molecule has 3 aromatic rings. The molecule has 5 nitrogen and oxygen atoms in total. The Balaban J connectivity index is 1.53. The molecule has 0 aliphatic carbocycles. The minimum absolute atomic E-state index is 0.217. The molecule has 0 amide bonds. The Hall–Kier alpha value is -3.08. The third kappa shape index (κ3) is 3.77. The second-order valence-corrected chi connectivity index (χ2v) is 6.23. The number of aryl methyl sites for hydroxylation is 1. The van der Waals surface area contributed by atoms with Crippen LogP contribution in [0.1, 0.15) is 21.7 Å². The number of carbonyl (C=O) groups is 2. The molecule has 0 N–H and O–H groups in total. The number of fused-ring (bicyclic) bond motifs is 1. The smallest absolute Gasteiger partial charge is 0.344 e. The Bertz CT molecular complexity index is 971. The van der Waals surface area contributed by atoms with Crippen LogP contribution < -0.4 is 4.74 Å². The molecule has 0 atom stereocenters. The number of ether oxygens (including phenoxy) is 2. The van der Waals surface area contributed by atoms with E-state index in [0.29, 0.717) is 11.3 Å². The van der Waals surface area contributed by atoms with Crippen LogP contribution in [0.4, 0.5) is 0 Å². The van der Waals surface area contributed by atoms with E-state index in [9.17, 15) is 9.59 Å². The van der Waals surface area contributed by atoms with Crippen molar-refractivity contribution in [2.75, 3.05) is 13.2 Å². The first-order valence-electron chi connectivity index (χ1n) is 8.39. The topological polar surface area (TPSA) is 57.5 Å². The van der Waals surface area contributed by atoms with Crippen LogP contribution in [0, 0.1) is 13.8 Å². The lowest BCUT2D eigenvalue weighted by atomic mass is 10.1. The minimum Gasteiger partial charge on any atom is -0.482 e. The van der Waals surface area contributed by atoms with Gasteiger partial charge in [-0.05, 0) is 42.8 Å². The van der Waals surface area contributed by atoms with Gasteiger partial charge in [-0.2, -0.15) is 0 Å². The second-order valence-electron chi connectivity index (χ2n) is 6.23. The molecule has 134 valence electrons. The Kier molecular flexibility index (Phi) is 5.07. The predicted octanol–water partition coefficient (Wildman–Crippen LogP) is 3.60. The lowest BCUT2D eigenvalue weighted by Gasteiger charge is -2.08. The molecule has 26 heavy (non-hydrogen) atoms. The molecule has 0 radical (unpaired) electrons. The standard InChI is InChI=1S/C21H21NO4/c1-14-10-19(15(2)22(14)3)20(23)12-26-21(24)13-25-18-9-8-16-6-4-5-7-17(16)11-18/h4-11H,12-13H2,1-3H3. The fourth-order valence-corrected chi connectivity index (χ4v) is 2.80. The predicted molar refractivity (Wildman–Crippen MR) is 99.6 cm³/mol. The zero-order valence-corrected chi connectivity index (χ0v) is 15.1. The summed E-state index contributed by atoms with van der Waals surface area (Å²) in [5.74, 6) is -0.205. The molecule has 0 saturated carbocycles. The van der Waals surface area contributed by atoms with E-state index in [1.54, 1.807) is 12.1 Å². The molecule has 2 aromatic carbocycles. The first-order chi connectivity index (χ1) is 12.5. The van der Waals surface area contributed by atoms with Crippen LogP contribution in [0.15, 0.2) is 48.5 Å². The molecule has 0 spiro atoms. The summed E-state index contributed by atoms with van der Waals surface area (Å²) in [5.41, 5.74) is 2.42. The number of esters is 1. The van der Waals surface area contributed by atoms with Gasteiger partial charge in [0.25, 0.3) is 0 Å². The van der Waals surface area contributed by atoms with Gasteiger partial charge in [0.1, 0.15) is 5.75 Å². The molecular weight excluding hydrogens is 330 g/mol. The van der Waals surface area contributed by atoms with Crippen molar-refractivity contribution < 1.29 is 19.1 Å². The van der Waals surface area contributed by atoms with E-state index in [2.05, 4.69) is 0 Å². The molecule has 0 bridgehead atoms. The van der Waals surface area contributed by atoms with Crippen LogP contribution in [0.3, 0.4) is 0 Å². The number of Topliss-reactive ketones (excluding diaryl/α,β-unsaturated/α-hetero) is 1. The fourth-order valence-electron chi connectivity index (χ4n) is 2.80. The van der Waals surface area contributed by atoms with Crippen LogP contribution in [0.25, 0.3) is 10.8 Å². The monoisotopic (exact) mass is 351 g/mol. The summed E-state index contributed by atoms with van der Waals surface area (Å²) < 4.78 is 12.4. The van der Waals surface area contributed by atoms with Crippen LogP contribution in [0.2, 0.25) is 0 Å². The zero-order chi connectivity index (χ0) is 18.7. The van der Waals surface area contributed by atoms with Crippen LogP contribution in [-0.4, -0.2) is 29.5 Å². The molecule has 5 heteroatoms. The first kappa shape index (κ1) is 17.7. The molecule has 1 aromatic heterocycles. The number of benzene rings is 2. The van der Waals surface area contributed by atoms with Crippen LogP contribution in [-0.2, 0) is 16.6 Å². The van der Waals surface area contributed by atoms with E-state index in [-0.39, 0.29) is 19.0 Å². The van der Waals surface area contributed by atoms with Gasteiger partial charge in [-0.1, -0.05) is 30.3 Å². The number of carbonyl (C=O) groups excluding carboxylic acids is 2. The minimum atomic E-state index is -0.572. The normalized spacial score (nSPS) is 10.7. The summed E-state index contributed by atoms with van der Waals surface area (Å²) in [6.07, 6.45) is 0. The van der Waals surface area contributed by atoms with Gasteiger partial charge in [0.2, 0.25) is 5.78 Å². The van der Waals surface area contributed by atoms with E-state index in [4.69, 9.17) is 9.47 Å². The SMILES string of the molecule is Cc1cc(C(=O)COC(=O)COc2ccc3ccccc3c2)c(C)n1C. The number of hydrogen-bond acceptors (Lipinski definition) is 4. The van der Waals surface area contributed by atoms with Crippen LogP contribution in [0.5, 0.6) is 5.75 Å². The van der Waals surface area contributed by atoms with E-state index >= 15 is 0 Å². The Morgan fingerprint density at radius 1 is 0.962 bits per heavy atom. The van der Waals surface area contributed by atoms with Gasteiger partial charge < -0.3 is 14.0 Å². The number of hydrogen-bond donors (Lipinski definition) is 0. The van der Waals surface area contributed by atoms with Crippen molar-refractivity contribution in [1.29, 1.82) is 0 Å². The highest BCUT2D eigenvalue weighted by molar-refractivity contribution is 5.99. The third-order valence-corrected chi connectivity index (χ3v) is 4.52. The molecule has 3 rings (SSSR count). The average Bonchev–Trinajstić information content (AvgIpc) is 2.91. The quantitative estimate of drug-likeness (QED) is 0.503. The largest absolute Gasteiger partial charge is 0.482 e. The lowest BCUT2D eigenvalue weighted by Crippen LogP contribution is -2.19. The van der Waals surface area contributed by atoms with Crippen molar-refractivity contribution in [3.63, 3.8) is 0 Å². The molecule has 0 aliphatic heterocycles. The highest BCUT2D eigenvalue weighted by Gasteiger charge is 2.16. The summed E-state index contributed by atoms with van der Waals surface area (Å²) >= 11 is 0. The number of ketones is 1. The molecular formula is C21H21NO4. The third-order valence-electron chi connectivity index (χ3n) is 4.52. The van der Waals surface area contributed by atoms with Crippen molar-refractivity contribution in [2.45, 2.75) is 13.8 Å². The van der Waals surface area contributed by atoms with Crippen LogP contribution >= 0.6 is 0 Å². The average molecular weight is 351 g/mol. The molecule has 0 saturated heterocycles. The number of rotatable bonds is 6. The molecule has 0 fully saturated rings. The van der Waals surface area contributed by atoms with Gasteiger partial charge in [-0.25, -0.2) is 4.79 Å². The van der Waals surface area contributed by atoms with Gasteiger partial charge in [0.15, 0.2) is 13.2 Å². The highest BCUT2D eigenvalue weighted by atomic mass is 16.6. The Labute approximate surface area is 152 Å². The van der Waals surface area contributed by atoms with E-state index < -0.39 is 5.97 Å². The summed E-state index contributed by atoms with van der Waals surface area (Å²) in [7, 11) is 1.89. The summed E-state index contributed by atoms with van der Waals surface area (Å²) in [6.45, 7) is 3.26. The molecule has 1 heterocycles. The van der Waals surface area contributed by atoms with Crippen molar-refractivity contribution >= 4 is 22.5 Å². The second kappa shape index (κ2) is 7.44. The summed E-state index contributed by atoms with van der Waals surface area (Å²) in [4.78, 5) is 24.1. The van der Waals surface area contributed by atoms with Crippen molar-refractivity contribution in [3.8, 4) is 5.75 Å². The molecule has 0 aliphatic rings. The maximum Gasteiger partial charge on any atom is 0.344 e. The highest BCUT2D eigenvalue weighted by Crippen LogP contribution is 2.20. The number of nitrogens with zero attached hydrogens (tertiary/aromatic N) is 1. The Morgan fingerprint density at radius 2 is 1.69 bits per heavy atom. The maximum absolute atomic E-state index is 12.2. The number of aromatic nitrogens is 1. The molecule has 0 unspecified atom stereocenters. The summed E-state index contributed by atoms with van der Waals surface area (Å²) in [5, 5.41) is 2.13. The van der Waals surface area contributed by atoms with Gasteiger partial charge in [0, 0.05) is 24.0 Å². The Morgan fingerprint density at radius 3 is 2.38 bits per heavy atom. The van der Waals surface area contributed by atoms with Gasteiger partial charge in [-0.15, -0.1) is 0 Å². The first-order valence-corrected chi connectivity index (χ1v) is 8.39. The van der Waals surface area contributed by atoms with E-state index in [1.165, 1.54) is 0 Å². The van der Waals surface area contributed by atoms with Gasteiger partial charge >= 0.3 is 5.97 Å². The lowest BCUT2D eigenvalue weighted by molar-refractivity contribution is -0.144. The van der Waals surface area contributed by atoms with E-state index in [0.717, 1.165) is 22.2 Å². The fraction of sp³-hybridized carbons (Fsp3) is 0.238. The van der Waals surface area contributed by atoms with Gasteiger partial charge in [0.05, 0.1) is 0 Å². The van der Waals surface area contributed by atoms with Crippen molar-refractivity contribution in [1.82, 2.24) is 4.57 Å². The van der Waals surface area contributed by atoms with Gasteiger partial charge in [-0.3, -0.25) is 4.79 Å². The summed E-state index contributed by atoms with van der Waals surface area (Å²) in [6, 6.07) is 15.3. The van der Waals surface area contributed by atoms with Crippen molar-refractivity contribution in [2.24, 2.45) is 7.05 Å². The van der Waals surface area contributed by atoms with Crippen molar-refractivity contribution in [3.05, 3.63) is 65.5 Å².